The summed E-state index contributed by atoms with van der Waals surface area (Å²) >= 11 is 28.5. The summed E-state index contributed by atoms with van der Waals surface area (Å²) in [5.41, 5.74) is 7.74. The van der Waals surface area contributed by atoms with Crippen LogP contribution in [0.25, 0.3) is 5.69 Å². The minimum absolute atomic E-state index is 0.0371. The first-order chi connectivity index (χ1) is 32.1. The minimum atomic E-state index is -4.63. The fourth-order valence-corrected chi connectivity index (χ4v) is 7.07. The van der Waals surface area contributed by atoms with E-state index in [2.05, 4.69) is 37.7 Å². The molecular formula is C41H52Cl5F3N7O11PS. The Labute approximate surface area is 424 Å². The Balaban J connectivity index is 0.000000459. The highest BCUT2D eigenvalue weighted by Gasteiger charge is 2.34. The molecule has 0 fully saturated rings. The number of ether oxygens (including phenoxy) is 2. The third-order valence-corrected chi connectivity index (χ3v) is 10.3. The summed E-state index contributed by atoms with van der Waals surface area (Å²) in [6, 6.07) is 14.6. The van der Waals surface area contributed by atoms with Crippen molar-refractivity contribution in [1.29, 1.82) is 0 Å². The number of halogens is 8. The quantitative estimate of drug-likeness (QED) is 0.0248. The number of nitrogen functional groups attached to an aromatic ring is 1. The SMILES string of the molecule is CC1COc2ccccc2N1C(=O)C(Cl)Cl.CCc1cccc(CC)c1N(COC)C(=O)CCl.C[S+](C)C.Nc1c([N+](=O)[O-])cnn1-c1c(Cl)cc(C(F)(F)F)cc1Cl.O=C(O)CNCP(=O)([O-])O. The van der Waals surface area contributed by atoms with Crippen LogP contribution in [0.1, 0.15) is 37.5 Å². The van der Waals surface area contributed by atoms with E-state index in [1.807, 2.05) is 54.7 Å². The second kappa shape index (κ2) is 30.0. The number of aromatic nitrogens is 2. The maximum absolute atomic E-state index is 12.6. The summed E-state index contributed by atoms with van der Waals surface area (Å²) in [6.45, 7) is 6.25. The molecular weight excluding hydrogens is 1060 g/mol. The molecule has 69 heavy (non-hydrogen) atoms. The predicted octanol–water partition coefficient (Wildman–Crippen LogP) is 7.94. The molecule has 2 atom stereocenters. The zero-order valence-corrected chi connectivity index (χ0v) is 43.6. The van der Waals surface area contributed by atoms with E-state index in [-0.39, 0.29) is 46.2 Å². The molecule has 0 aliphatic carbocycles. The second-order valence-electron chi connectivity index (χ2n) is 14.4. The van der Waals surface area contributed by atoms with E-state index in [1.165, 1.54) is 0 Å². The van der Waals surface area contributed by atoms with Gasteiger partial charge in [-0.05, 0) is 66.1 Å². The Kier molecular flexibility index (Phi) is 27.3. The molecule has 2 unspecified atom stereocenters. The molecule has 1 aromatic heterocycles. The maximum atomic E-state index is 12.6. The number of amides is 2. The van der Waals surface area contributed by atoms with Gasteiger partial charge in [-0.1, -0.05) is 90.6 Å². The summed E-state index contributed by atoms with van der Waals surface area (Å²) in [6.07, 6.45) is 3.84. The number of alkyl halides is 6. The van der Waals surface area contributed by atoms with Crippen LogP contribution in [0, 0.1) is 10.1 Å². The number of nitrogens with one attached hydrogen (secondary N) is 1. The van der Waals surface area contributed by atoms with Gasteiger partial charge in [-0.2, -0.15) is 18.3 Å². The Morgan fingerprint density at radius 1 is 1.09 bits per heavy atom. The Hall–Kier alpha value is -4.06. The van der Waals surface area contributed by atoms with Gasteiger partial charge in [0.2, 0.25) is 11.7 Å². The van der Waals surface area contributed by atoms with Gasteiger partial charge in [0.1, 0.15) is 44.4 Å². The minimum Gasteiger partial charge on any atom is -0.778 e. The van der Waals surface area contributed by atoms with Crippen molar-refractivity contribution in [1.82, 2.24) is 15.1 Å². The van der Waals surface area contributed by atoms with E-state index in [1.54, 1.807) is 16.9 Å². The molecule has 18 nitrogen and oxygen atoms in total. The van der Waals surface area contributed by atoms with E-state index in [0.29, 0.717) is 35.4 Å². The van der Waals surface area contributed by atoms with Gasteiger partial charge < -0.3 is 39.6 Å². The Morgan fingerprint density at radius 3 is 2.04 bits per heavy atom. The number of carboxylic acid groups (broad SMARTS) is 1. The number of rotatable bonds is 13. The van der Waals surface area contributed by atoms with Crippen LogP contribution < -0.4 is 30.5 Å². The topological polar surface area (TPSA) is 256 Å². The lowest BCUT2D eigenvalue weighted by molar-refractivity contribution is -0.383. The van der Waals surface area contributed by atoms with Crippen LogP contribution in [0.5, 0.6) is 5.75 Å². The highest BCUT2D eigenvalue weighted by molar-refractivity contribution is 7.94. The molecule has 384 valence electrons. The van der Waals surface area contributed by atoms with Gasteiger partial charge in [0.05, 0.1) is 69.5 Å². The number of para-hydroxylation sites is 3. The number of fused-ring (bicyclic) bond motifs is 1. The highest BCUT2D eigenvalue weighted by atomic mass is 35.5. The van der Waals surface area contributed by atoms with Crippen LogP contribution in [0.2, 0.25) is 10.0 Å². The van der Waals surface area contributed by atoms with Gasteiger partial charge in [-0.15, -0.1) is 11.6 Å². The number of nitrogens with zero attached hydrogens (tertiary/aromatic N) is 5. The van der Waals surface area contributed by atoms with Crippen molar-refractivity contribution in [2.45, 2.75) is 50.7 Å². The lowest BCUT2D eigenvalue weighted by Gasteiger charge is -2.35. The first-order valence-electron chi connectivity index (χ1n) is 19.9. The molecule has 28 heteroatoms. The van der Waals surface area contributed by atoms with E-state index in [9.17, 15) is 47.1 Å². The summed E-state index contributed by atoms with van der Waals surface area (Å²) in [4.78, 5) is 63.7. The number of carbonyl (C=O) groups excluding carboxylic acids is 2. The van der Waals surface area contributed by atoms with Crippen molar-refractivity contribution in [2.24, 2.45) is 0 Å². The third-order valence-electron chi connectivity index (χ3n) is 8.50. The maximum Gasteiger partial charge on any atom is 0.416 e. The number of aryl methyl sites for hydroxylation is 2. The molecule has 3 aromatic carbocycles. The van der Waals surface area contributed by atoms with Crippen molar-refractivity contribution < 1.29 is 61.4 Å². The van der Waals surface area contributed by atoms with Crippen LogP contribution >= 0.6 is 65.6 Å². The van der Waals surface area contributed by atoms with Crippen LogP contribution in [0.15, 0.2) is 60.8 Å². The molecule has 2 amide bonds. The zero-order chi connectivity index (χ0) is 53.0. The van der Waals surface area contributed by atoms with Crippen LogP contribution in [0.4, 0.5) is 36.1 Å². The van der Waals surface area contributed by atoms with E-state index < -0.39 is 59.4 Å². The molecule has 0 saturated heterocycles. The molecule has 2 heterocycles. The number of benzene rings is 3. The lowest BCUT2D eigenvalue weighted by Crippen LogP contribution is -2.47. The molecule has 0 spiro atoms. The van der Waals surface area contributed by atoms with Gasteiger partial charge in [-0.3, -0.25) is 34.7 Å². The standard InChI is InChI=1S/C14H20ClNO2.C11H11Cl2NO2.C10H5Cl2F3N4O2.C3H8NO5P.C3H9S/c1-4-11-7-6-8-12(5-2)14(11)16(10-18-3)13(17)9-15;1-7-6-16-9-5-3-2-4-8(9)14(7)11(15)10(12)13;11-5-1-4(10(13,14)15)2-6(12)8(5)18-9(16)7(3-17-18)19(20)21;5-3(6)1-4-2-10(7,8)9;1-4(2)3/h6-8H,4-5,9-10H2,1-3H3;2-5,7,10H,6H2,1H3;1-3H,16H2;4H,1-2H2,(H,5,6)(H2,7,8,9);1-3H3/q;;;;+1/p-1. The number of carboxylic acids is 1. The van der Waals surface area contributed by atoms with E-state index >= 15 is 0 Å². The van der Waals surface area contributed by atoms with Crippen LogP contribution in [-0.4, -0.2) is 111 Å². The molecule has 0 radical (unpaired) electrons. The number of aliphatic carboxylic acids is 1. The monoisotopic (exact) mass is 1110 g/mol. The van der Waals surface area contributed by atoms with Gasteiger partial charge in [0, 0.05) is 7.11 Å². The molecule has 5 rings (SSSR count). The Bertz CT molecular complexity index is 2340. The molecule has 1 aliphatic heterocycles. The molecule has 0 saturated carbocycles. The van der Waals surface area contributed by atoms with Gasteiger partial charge in [0.15, 0.2) is 4.84 Å². The number of anilines is 3. The predicted molar refractivity (Wildman–Crippen MR) is 265 cm³/mol. The normalized spacial score (nSPS) is 13.6. The highest BCUT2D eigenvalue weighted by Crippen LogP contribution is 2.39. The van der Waals surface area contributed by atoms with Gasteiger partial charge >= 0.3 is 17.8 Å². The third kappa shape index (κ3) is 20.7. The Morgan fingerprint density at radius 2 is 1.62 bits per heavy atom. The average molecular weight is 1120 g/mol. The summed E-state index contributed by atoms with van der Waals surface area (Å²) in [7, 11) is -2.13. The van der Waals surface area contributed by atoms with Crippen LogP contribution in [0.3, 0.4) is 0 Å². The largest absolute Gasteiger partial charge is 0.778 e. The van der Waals surface area contributed by atoms with Crippen molar-refractivity contribution in [3.8, 4) is 11.4 Å². The zero-order valence-electron chi connectivity index (χ0n) is 38.1. The number of carbonyl (C=O) groups is 3. The number of hydrogen-bond acceptors (Lipinski definition) is 12. The van der Waals surface area contributed by atoms with Crippen molar-refractivity contribution in [3.05, 3.63) is 97.6 Å². The number of nitrogens with two attached hydrogens (primary N) is 1. The summed E-state index contributed by atoms with van der Waals surface area (Å²) in [5, 5.41) is 23.5. The molecule has 5 N–H and O–H groups in total. The van der Waals surface area contributed by atoms with Crippen molar-refractivity contribution >= 4 is 117 Å². The van der Waals surface area contributed by atoms with Gasteiger partial charge in [0.25, 0.3) is 5.91 Å². The summed E-state index contributed by atoms with van der Waals surface area (Å²) in [5.74, 6) is -1.37. The fraction of sp³-hybridized carbons (Fsp3) is 0.415. The second-order valence-corrected chi connectivity index (χ2v) is 20.6. The smallest absolute Gasteiger partial charge is 0.416 e. The molecule has 0 bridgehead atoms. The number of hydrogen-bond donors (Lipinski definition) is 4. The number of nitro groups is 1. The van der Waals surface area contributed by atoms with E-state index in [4.69, 9.17) is 83.2 Å². The van der Waals surface area contributed by atoms with Crippen LogP contribution in [-0.2, 0) is 53.6 Å². The van der Waals surface area contributed by atoms with Gasteiger partial charge in [-0.25, -0.2) is 4.68 Å². The average Bonchev–Trinajstić information content (AvgIpc) is 3.64. The summed E-state index contributed by atoms with van der Waals surface area (Å²) < 4.78 is 59.2. The fourth-order valence-electron chi connectivity index (χ4n) is 5.67. The van der Waals surface area contributed by atoms with E-state index in [0.717, 1.165) is 46.2 Å². The first-order valence-corrected chi connectivity index (χ1v) is 26.2. The van der Waals surface area contributed by atoms with Crippen molar-refractivity contribution in [3.63, 3.8) is 0 Å². The first kappa shape index (κ1) is 63.0. The van der Waals surface area contributed by atoms with Crippen molar-refractivity contribution in [2.75, 3.05) is 73.5 Å². The number of methoxy groups -OCH3 is 1. The molecule has 4 aromatic rings. The molecule has 1 aliphatic rings. The lowest BCUT2D eigenvalue weighted by atomic mass is 10.0.